The largest absolute Gasteiger partial charge is 0.490 e. The molecule has 0 radical (unpaired) electrons. The Labute approximate surface area is 168 Å². The number of para-hydroxylation sites is 1. The maximum Gasteiger partial charge on any atom is 0.335 e. The molecule has 0 unspecified atom stereocenters. The van der Waals surface area contributed by atoms with E-state index in [0.717, 1.165) is 37.4 Å². The van der Waals surface area contributed by atoms with Gasteiger partial charge in [-0.2, -0.15) is 0 Å². The lowest BCUT2D eigenvalue weighted by molar-refractivity contribution is 0.0697. The zero-order valence-electron chi connectivity index (χ0n) is 17.3. The number of carbonyl (C=O) groups is 1. The van der Waals surface area contributed by atoms with Crippen molar-refractivity contribution >= 4 is 11.7 Å². The fourth-order valence-electron chi connectivity index (χ4n) is 3.83. The quantitative estimate of drug-likeness (QED) is 0.699. The van der Waals surface area contributed by atoms with E-state index in [1.165, 1.54) is 11.1 Å². The molecule has 150 valence electrons. The standard InChI is InChI=1S/C24H31NO3/c1-16(2)21-6-5-7-22(17(3)4)23(21)28-20-12-14-25(15-13-20)19-10-8-18(9-11-19)24(26)27/h5-11,16-17,20H,12-15H2,1-4H3,(H,26,27). The Morgan fingerprint density at radius 2 is 1.50 bits per heavy atom. The van der Waals surface area contributed by atoms with E-state index in [9.17, 15) is 4.79 Å². The lowest BCUT2D eigenvalue weighted by atomic mass is 9.93. The van der Waals surface area contributed by atoms with Gasteiger partial charge in [-0.3, -0.25) is 0 Å². The predicted molar refractivity (Wildman–Crippen MR) is 114 cm³/mol. The summed E-state index contributed by atoms with van der Waals surface area (Å²) < 4.78 is 6.57. The number of aromatic carboxylic acids is 1. The summed E-state index contributed by atoms with van der Waals surface area (Å²) in [5.41, 5.74) is 3.98. The van der Waals surface area contributed by atoms with Gasteiger partial charge in [0.25, 0.3) is 0 Å². The summed E-state index contributed by atoms with van der Waals surface area (Å²) in [6.07, 6.45) is 2.14. The van der Waals surface area contributed by atoms with Crippen LogP contribution in [-0.4, -0.2) is 30.3 Å². The predicted octanol–water partition coefficient (Wildman–Crippen LogP) is 5.68. The Kier molecular flexibility index (Phi) is 6.28. The molecule has 3 rings (SSSR count). The average molecular weight is 382 g/mol. The Balaban J connectivity index is 1.68. The van der Waals surface area contributed by atoms with E-state index in [1.807, 2.05) is 12.1 Å². The van der Waals surface area contributed by atoms with Crippen molar-refractivity contribution in [3.63, 3.8) is 0 Å². The molecule has 1 heterocycles. The third kappa shape index (κ3) is 4.49. The Morgan fingerprint density at radius 3 is 1.96 bits per heavy atom. The minimum absolute atomic E-state index is 0.215. The van der Waals surface area contributed by atoms with Crippen LogP contribution in [0.3, 0.4) is 0 Å². The van der Waals surface area contributed by atoms with Crippen molar-refractivity contribution in [2.75, 3.05) is 18.0 Å². The molecule has 0 bridgehead atoms. The van der Waals surface area contributed by atoms with Gasteiger partial charge >= 0.3 is 5.97 Å². The number of ether oxygens (including phenoxy) is 1. The van der Waals surface area contributed by atoms with E-state index in [2.05, 4.69) is 50.8 Å². The third-order valence-electron chi connectivity index (χ3n) is 5.53. The average Bonchev–Trinajstić information content (AvgIpc) is 2.68. The molecule has 2 aromatic carbocycles. The minimum Gasteiger partial charge on any atom is -0.490 e. The summed E-state index contributed by atoms with van der Waals surface area (Å²) in [6, 6.07) is 13.7. The minimum atomic E-state index is -0.886. The van der Waals surface area contributed by atoms with E-state index < -0.39 is 5.97 Å². The van der Waals surface area contributed by atoms with Crippen LogP contribution in [0.1, 0.15) is 73.9 Å². The SMILES string of the molecule is CC(C)c1cccc(C(C)C)c1OC1CCN(c2ccc(C(=O)O)cc2)CC1. The molecule has 0 saturated carbocycles. The molecule has 1 saturated heterocycles. The van der Waals surface area contributed by atoms with Crippen LogP contribution in [0.2, 0.25) is 0 Å². The smallest absolute Gasteiger partial charge is 0.335 e. The van der Waals surface area contributed by atoms with Crippen LogP contribution in [0.25, 0.3) is 0 Å². The molecule has 1 fully saturated rings. The maximum absolute atomic E-state index is 11.0. The van der Waals surface area contributed by atoms with Gasteiger partial charge in [0.15, 0.2) is 0 Å². The Morgan fingerprint density at radius 1 is 0.964 bits per heavy atom. The van der Waals surface area contributed by atoms with Crippen LogP contribution in [0.5, 0.6) is 5.75 Å². The van der Waals surface area contributed by atoms with E-state index in [1.54, 1.807) is 12.1 Å². The molecular weight excluding hydrogens is 350 g/mol. The first-order valence-electron chi connectivity index (χ1n) is 10.2. The molecule has 0 atom stereocenters. The number of benzene rings is 2. The number of anilines is 1. The van der Waals surface area contributed by atoms with Crippen molar-refractivity contribution in [1.82, 2.24) is 0 Å². The second-order valence-electron chi connectivity index (χ2n) is 8.23. The molecule has 1 aliphatic rings. The van der Waals surface area contributed by atoms with Gasteiger partial charge in [-0.15, -0.1) is 0 Å². The summed E-state index contributed by atoms with van der Waals surface area (Å²) in [4.78, 5) is 13.3. The van der Waals surface area contributed by atoms with Crippen molar-refractivity contribution in [1.29, 1.82) is 0 Å². The van der Waals surface area contributed by atoms with Crippen LogP contribution in [0, 0.1) is 0 Å². The van der Waals surface area contributed by atoms with E-state index in [4.69, 9.17) is 9.84 Å². The monoisotopic (exact) mass is 381 g/mol. The topological polar surface area (TPSA) is 49.8 Å². The van der Waals surface area contributed by atoms with Gasteiger partial charge in [0, 0.05) is 31.6 Å². The summed E-state index contributed by atoms with van der Waals surface area (Å²) in [6.45, 7) is 10.7. The van der Waals surface area contributed by atoms with Crippen molar-refractivity contribution in [3.8, 4) is 5.75 Å². The number of hydrogen-bond donors (Lipinski definition) is 1. The molecular formula is C24H31NO3. The van der Waals surface area contributed by atoms with E-state index >= 15 is 0 Å². The number of piperidine rings is 1. The number of carboxylic acids is 1. The molecule has 0 aromatic heterocycles. The lowest BCUT2D eigenvalue weighted by Gasteiger charge is -2.35. The summed E-state index contributed by atoms with van der Waals surface area (Å²) in [7, 11) is 0. The number of rotatable bonds is 6. The highest BCUT2D eigenvalue weighted by atomic mass is 16.5. The highest BCUT2D eigenvalue weighted by molar-refractivity contribution is 5.88. The molecule has 2 aromatic rings. The highest BCUT2D eigenvalue weighted by Crippen LogP contribution is 2.36. The van der Waals surface area contributed by atoms with Crippen LogP contribution in [-0.2, 0) is 0 Å². The van der Waals surface area contributed by atoms with Crippen LogP contribution < -0.4 is 9.64 Å². The van der Waals surface area contributed by atoms with Gasteiger partial charge in [-0.05, 0) is 47.2 Å². The maximum atomic E-state index is 11.0. The fourth-order valence-corrected chi connectivity index (χ4v) is 3.83. The molecule has 1 N–H and O–H groups in total. The van der Waals surface area contributed by atoms with E-state index in [-0.39, 0.29) is 6.10 Å². The first-order chi connectivity index (χ1) is 13.4. The van der Waals surface area contributed by atoms with Gasteiger partial charge in [-0.25, -0.2) is 4.79 Å². The van der Waals surface area contributed by atoms with Gasteiger partial charge < -0.3 is 14.7 Å². The molecule has 4 nitrogen and oxygen atoms in total. The number of carboxylic acid groups (broad SMARTS) is 1. The van der Waals surface area contributed by atoms with Crippen molar-refractivity contribution in [2.45, 2.75) is 58.5 Å². The van der Waals surface area contributed by atoms with Gasteiger partial charge in [0.05, 0.1) is 5.56 Å². The second kappa shape index (κ2) is 8.68. The molecule has 0 aliphatic carbocycles. The molecule has 4 heteroatoms. The zero-order valence-corrected chi connectivity index (χ0v) is 17.3. The first-order valence-corrected chi connectivity index (χ1v) is 10.2. The summed E-state index contributed by atoms with van der Waals surface area (Å²) >= 11 is 0. The van der Waals surface area contributed by atoms with Gasteiger partial charge in [0.2, 0.25) is 0 Å². The molecule has 1 aliphatic heterocycles. The number of nitrogens with zero attached hydrogens (tertiary/aromatic N) is 1. The lowest BCUT2D eigenvalue weighted by Crippen LogP contribution is -2.38. The van der Waals surface area contributed by atoms with Gasteiger partial charge in [-0.1, -0.05) is 45.9 Å². The summed E-state index contributed by atoms with van der Waals surface area (Å²) in [5, 5.41) is 9.05. The molecule has 0 spiro atoms. The van der Waals surface area contributed by atoms with Crippen LogP contribution in [0.15, 0.2) is 42.5 Å². The second-order valence-corrected chi connectivity index (χ2v) is 8.23. The first kappa shape index (κ1) is 20.2. The zero-order chi connectivity index (χ0) is 20.3. The summed E-state index contributed by atoms with van der Waals surface area (Å²) in [5.74, 6) is 1.06. The van der Waals surface area contributed by atoms with Crippen LogP contribution in [0.4, 0.5) is 5.69 Å². The fraction of sp³-hybridized carbons (Fsp3) is 0.458. The Hall–Kier alpha value is -2.49. The Bertz CT molecular complexity index is 777. The van der Waals surface area contributed by atoms with Crippen molar-refractivity contribution in [3.05, 3.63) is 59.2 Å². The molecule has 0 amide bonds. The number of hydrogen-bond acceptors (Lipinski definition) is 3. The van der Waals surface area contributed by atoms with Crippen LogP contribution >= 0.6 is 0 Å². The normalized spacial score (nSPS) is 15.3. The van der Waals surface area contributed by atoms with E-state index in [0.29, 0.717) is 17.4 Å². The van der Waals surface area contributed by atoms with Crippen molar-refractivity contribution in [2.24, 2.45) is 0 Å². The third-order valence-corrected chi connectivity index (χ3v) is 5.53. The highest BCUT2D eigenvalue weighted by Gasteiger charge is 2.24. The van der Waals surface area contributed by atoms with Gasteiger partial charge in [0.1, 0.15) is 11.9 Å². The molecule has 28 heavy (non-hydrogen) atoms. The van der Waals surface area contributed by atoms with Crippen molar-refractivity contribution < 1.29 is 14.6 Å².